The van der Waals surface area contributed by atoms with Gasteiger partial charge in [0.15, 0.2) is 0 Å². The van der Waals surface area contributed by atoms with Gasteiger partial charge in [0, 0.05) is 23.2 Å². The molecule has 24 heavy (non-hydrogen) atoms. The molecule has 0 radical (unpaired) electrons. The van der Waals surface area contributed by atoms with Gasteiger partial charge < -0.3 is 0 Å². The Labute approximate surface area is 144 Å². The zero-order valence-corrected chi connectivity index (χ0v) is 14.3. The molecule has 3 rings (SSSR count). The maximum Gasteiger partial charge on any atom is 0.123 e. The van der Waals surface area contributed by atoms with Crippen molar-refractivity contribution >= 4 is 0 Å². The quantitative estimate of drug-likeness (QED) is 0.647. The third kappa shape index (κ3) is 4.45. The highest BCUT2D eigenvalue weighted by Gasteiger charge is 2.18. The molecule has 1 aliphatic carbocycles. The standard InChI is InChI=1S/C22H24FN/c1-2-4-17-7-9-18(10-8-17)11-12-19-13-14-22(24-16-19)20-5-3-6-21(23)15-20/h3,5-6,13-18H,2,4,7-10H2,1H3. The van der Waals surface area contributed by atoms with Gasteiger partial charge in [-0.25, -0.2) is 4.39 Å². The SMILES string of the molecule is CCCC1CCC(C#Cc2ccc(-c3cccc(F)c3)nc2)CC1. The fraction of sp³-hybridized carbons (Fsp3) is 0.409. The summed E-state index contributed by atoms with van der Waals surface area (Å²) in [5.41, 5.74) is 2.51. The van der Waals surface area contributed by atoms with Gasteiger partial charge in [-0.3, -0.25) is 4.98 Å². The molecule has 1 nitrogen and oxygen atoms in total. The van der Waals surface area contributed by atoms with Crippen LogP contribution in [0.15, 0.2) is 42.6 Å². The number of hydrogen-bond acceptors (Lipinski definition) is 1. The van der Waals surface area contributed by atoms with E-state index in [2.05, 4.69) is 23.7 Å². The van der Waals surface area contributed by atoms with E-state index >= 15 is 0 Å². The first-order chi connectivity index (χ1) is 11.7. The molecule has 1 fully saturated rings. The summed E-state index contributed by atoms with van der Waals surface area (Å²) in [5, 5.41) is 0. The lowest BCUT2D eigenvalue weighted by atomic mass is 9.80. The molecule has 0 spiro atoms. The Balaban J connectivity index is 1.61. The van der Waals surface area contributed by atoms with E-state index in [1.165, 1.54) is 50.7 Å². The van der Waals surface area contributed by atoms with E-state index in [0.29, 0.717) is 5.92 Å². The predicted octanol–water partition coefficient (Wildman–Crippen LogP) is 5.85. The van der Waals surface area contributed by atoms with Crippen LogP contribution in [0.5, 0.6) is 0 Å². The van der Waals surface area contributed by atoms with Crippen molar-refractivity contribution in [3.63, 3.8) is 0 Å². The van der Waals surface area contributed by atoms with E-state index in [4.69, 9.17) is 0 Å². The third-order valence-corrected chi connectivity index (χ3v) is 4.85. The van der Waals surface area contributed by atoms with Crippen molar-refractivity contribution in [3.8, 4) is 23.1 Å². The van der Waals surface area contributed by atoms with Crippen molar-refractivity contribution in [1.82, 2.24) is 4.98 Å². The molecule has 0 unspecified atom stereocenters. The first-order valence-electron chi connectivity index (χ1n) is 8.98. The average molecular weight is 321 g/mol. The van der Waals surface area contributed by atoms with Crippen LogP contribution in [0.3, 0.4) is 0 Å². The summed E-state index contributed by atoms with van der Waals surface area (Å²) in [4.78, 5) is 4.42. The summed E-state index contributed by atoms with van der Waals surface area (Å²) in [5.74, 6) is 7.89. The Hall–Kier alpha value is -2.14. The van der Waals surface area contributed by atoms with Gasteiger partial charge in [0.05, 0.1) is 5.69 Å². The molecule has 1 heterocycles. The maximum absolute atomic E-state index is 13.3. The summed E-state index contributed by atoms with van der Waals surface area (Å²) < 4.78 is 13.3. The van der Waals surface area contributed by atoms with Gasteiger partial charge in [0.1, 0.15) is 5.82 Å². The van der Waals surface area contributed by atoms with Gasteiger partial charge in [0.2, 0.25) is 0 Å². The summed E-state index contributed by atoms with van der Waals surface area (Å²) in [6.45, 7) is 2.27. The van der Waals surface area contributed by atoms with Crippen LogP contribution in [0.25, 0.3) is 11.3 Å². The van der Waals surface area contributed by atoms with Gasteiger partial charge in [-0.2, -0.15) is 0 Å². The smallest absolute Gasteiger partial charge is 0.123 e. The fourth-order valence-corrected chi connectivity index (χ4v) is 3.48. The normalized spacial score (nSPS) is 20.2. The molecule has 0 bridgehead atoms. The van der Waals surface area contributed by atoms with Crippen molar-refractivity contribution < 1.29 is 4.39 Å². The van der Waals surface area contributed by atoms with Crippen LogP contribution in [-0.4, -0.2) is 4.98 Å². The summed E-state index contributed by atoms with van der Waals surface area (Å²) in [7, 11) is 0. The summed E-state index contributed by atoms with van der Waals surface area (Å²) in [6, 6.07) is 10.4. The van der Waals surface area contributed by atoms with E-state index in [0.717, 1.165) is 22.7 Å². The molecule has 1 aromatic carbocycles. The van der Waals surface area contributed by atoms with Crippen LogP contribution in [0.4, 0.5) is 4.39 Å². The van der Waals surface area contributed by atoms with Crippen molar-refractivity contribution in [1.29, 1.82) is 0 Å². The van der Waals surface area contributed by atoms with Crippen molar-refractivity contribution in [2.24, 2.45) is 11.8 Å². The van der Waals surface area contributed by atoms with Crippen LogP contribution in [0.2, 0.25) is 0 Å². The molecule has 1 aliphatic rings. The second-order valence-corrected chi connectivity index (χ2v) is 6.72. The molecule has 0 atom stereocenters. The molecule has 1 saturated carbocycles. The monoisotopic (exact) mass is 321 g/mol. The van der Waals surface area contributed by atoms with Crippen molar-refractivity contribution in [2.45, 2.75) is 45.4 Å². The maximum atomic E-state index is 13.3. The van der Waals surface area contributed by atoms with Gasteiger partial charge in [-0.15, -0.1) is 0 Å². The largest absolute Gasteiger partial charge is 0.255 e. The predicted molar refractivity (Wildman–Crippen MR) is 96.9 cm³/mol. The number of hydrogen-bond donors (Lipinski definition) is 0. The molecular weight excluding hydrogens is 297 g/mol. The minimum Gasteiger partial charge on any atom is -0.255 e. The van der Waals surface area contributed by atoms with E-state index in [1.807, 2.05) is 18.2 Å². The molecule has 2 heteroatoms. The van der Waals surface area contributed by atoms with Crippen LogP contribution < -0.4 is 0 Å². The summed E-state index contributed by atoms with van der Waals surface area (Å²) in [6.07, 6.45) is 9.55. The number of halogens is 1. The molecule has 0 amide bonds. The molecule has 0 saturated heterocycles. The highest BCUT2D eigenvalue weighted by atomic mass is 19.1. The highest BCUT2D eigenvalue weighted by Crippen LogP contribution is 2.31. The second-order valence-electron chi connectivity index (χ2n) is 6.72. The zero-order valence-electron chi connectivity index (χ0n) is 14.3. The molecule has 124 valence electrons. The topological polar surface area (TPSA) is 12.9 Å². The number of benzene rings is 1. The van der Waals surface area contributed by atoms with Gasteiger partial charge in [-0.1, -0.05) is 43.7 Å². The Kier molecular flexibility index (Phi) is 5.64. The first-order valence-corrected chi connectivity index (χ1v) is 8.98. The first kappa shape index (κ1) is 16.7. The molecule has 0 N–H and O–H groups in total. The Bertz CT molecular complexity index is 716. The molecule has 2 aromatic rings. The number of pyridine rings is 1. The lowest BCUT2D eigenvalue weighted by molar-refractivity contribution is 0.300. The lowest BCUT2D eigenvalue weighted by Crippen LogP contribution is -2.13. The lowest BCUT2D eigenvalue weighted by Gasteiger charge is -2.25. The fourth-order valence-electron chi connectivity index (χ4n) is 3.48. The third-order valence-electron chi connectivity index (χ3n) is 4.85. The van der Waals surface area contributed by atoms with Crippen LogP contribution in [-0.2, 0) is 0 Å². The van der Waals surface area contributed by atoms with Crippen LogP contribution >= 0.6 is 0 Å². The average Bonchev–Trinajstić information content (AvgIpc) is 2.62. The minimum atomic E-state index is -0.239. The number of rotatable bonds is 3. The number of nitrogens with zero attached hydrogens (tertiary/aromatic N) is 1. The Morgan fingerprint density at radius 3 is 2.62 bits per heavy atom. The summed E-state index contributed by atoms with van der Waals surface area (Å²) >= 11 is 0. The zero-order chi connectivity index (χ0) is 16.8. The molecule has 0 aliphatic heterocycles. The van der Waals surface area contributed by atoms with E-state index in [1.54, 1.807) is 12.3 Å². The van der Waals surface area contributed by atoms with Crippen LogP contribution in [0.1, 0.15) is 51.0 Å². The number of aromatic nitrogens is 1. The van der Waals surface area contributed by atoms with Crippen molar-refractivity contribution in [3.05, 3.63) is 54.0 Å². The van der Waals surface area contributed by atoms with E-state index in [-0.39, 0.29) is 5.82 Å². The van der Waals surface area contributed by atoms with E-state index in [9.17, 15) is 4.39 Å². The highest BCUT2D eigenvalue weighted by molar-refractivity contribution is 5.59. The van der Waals surface area contributed by atoms with Gasteiger partial charge >= 0.3 is 0 Å². The minimum absolute atomic E-state index is 0.239. The Morgan fingerprint density at radius 1 is 1.12 bits per heavy atom. The molecular formula is C22H24FN. The second kappa shape index (κ2) is 8.11. The van der Waals surface area contributed by atoms with E-state index < -0.39 is 0 Å². The van der Waals surface area contributed by atoms with Gasteiger partial charge in [0.25, 0.3) is 0 Å². The van der Waals surface area contributed by atoms with Crippen molar-refractivity contribution in [2.75, 3.05) is 0 Å². The van der Waals surface area contributed by atoms with Gasteiger partial charge in [-0.05, 0) is 55.9 Å². The molecule has 1 aromatic heterocycles. The Morgan fingerprint density at radius 2 is 1.96 bits per heavy atom. The van der Waals surface area contributed by atoms with Crippen LogP contribution in [0, 0.1) is 29.5 Å².